The van der Waals surface area contributed by atoms with Crippen molar-refractivity contribution in [3.05, 3.63) is 35.4 Å². The molecule has 84 valence electrons. The van der Waals surface area contributed by atoms with Gasteiger partial charge in [-0.25, -0.2) is 4.89 Å². The van der Waals surface area contributed by atoms with E-state index in [9.17, 15) is 5.11 Å². The van der Waals surface area contributed by atoms with E-state index in [4.69, 9.17) is 5.26 Å². The summed E-state index contributed by atoms with van der Waals surface area (Å²) < 4.78 is 0. The van der Waals surface area contributed by atoms with Gasteiger partial charge in [0.05, 0.1) is 12.2 Å². The molecule has 3 nitrogen and oxygen atoms in total. The fraction of sp³-hybridized carbons (Fsp3) is 0.500. The van der Waals surface area contributed by atoms with Gasteiger partial charge in [-0.3, -0.25) is 5.26 Å². The fourth-order valence-electron chi connectivity index (χ4n) is 1.62. The second-order valence-corrected chi connectivity index (χ2v) is 3.94. The quantitative estimate of drug-likeness (QED) is 0.577. The highest BCUT2D eigenvalue weighted by Crippen LogP contribution is 2.14. The monoisotopic (exact) mass is 210 g/mol. The van der Waals surface area contributed by atoms with E-state index in [0.717, 1.165) is 11.1 Å². The van der Waals surface area contributed by atoms with E-state index < -0.39 is 0 Å². The zero-order valence-electron chi connectivity index (χ0n) is 9.18. The lowest BCUT2D eigenvalue weighted by Crippen LogP contribution is -2.13. The summed E-state index contributed by atoms with van der Waals surface area (Å²) in [6.45, 7) is 3.57. The highest BCUT2D eigenvalue weighted by molar-refractivity contribution is 5.28. The maximum absolute atomic E-state index is 9.34. The van der Waals surface area contributed by atoms with Gasteiger partial charge in [-0.05, 0) is 31.4 Å². The molecule has 2 unspecified atom stereocenters. The molecule has 3 heteroatoms. The molecule has 0 spiro atoms. The van der Waals surface area contributed by atoms with Gasteiger partial charge in [0, 0.05) is 6.42 Å². The summed E-state index contributed by atoms with van der Waals surface area (Å²) in [6, 6.07) is 7.88. The van der Waals surface area contributed by atoms with Crippen LogP contribution >= 0.6 is 0 Å². The number of aliphatic hydroxyl groups is 1. The van der Waals surface area contributed by atoms with Crippen molar-refractivity contribution in [3.8, 4) is 0 Å². The van der Waals surface area contributed by atoms with Gasteiger partial charge in [0.15, 0.2) is 0 Å². The summed E-state index contributed by atoms with van der Waals surface area (Å²) >= 11 is 0. The van der Waals surface area contributed by atoms with Crippen molar-refractivity contribution >= 4 is 0 Å². The van der Waals surface area contributed by atoms with E-state index in [1.807, 2.05) is 24.3 Å². The average molecular weight is 210 g/mol. The first-order chi connectivity index (χ1) is 7.13. The predicted octanol–water partition coefficient (Wildman–Crippen LogP) is 2.03. The molecule has 1 aromatic rings. The van der Waals surface area contributed by atoms with Crippen molar-refractivity contribution in [1.29, 1.82) is 0 Å². The lowest BCUT2D eigenvalue weighted by Gasteiger charge is -2.13. The van der Waals surface area contributed by atoms with Gasteiger partial charge >= 0.3 is 0 Å². The molecule has 0 saturated heterocycles. The molecule has 0 heterocycles. The number of aliphatic hydroxyl groups excluding tert-OH is 1. The topological polar surface area (TPSA) is 49.7 Å². The molecule has 0 aliphatic rings. The Balaban J connectivity index is 2.76. The Labute approximate surface area is 90.3 Å². The van der Waals surface area contributed by atoms with Crippen LogP contribution in [-0.4, -0.2) is 22.6 Å². The molecule has 1 rings (SSSR count). The summed E-state index contributed by atoms with van der Waals surface area (Å²) in [5.41, 5.74) is 2.22. The molecule has 0 aliphatic heterocycles. The van der Waals surface area contributed by atoms with Crippen molar-refractivity contribution in [2.75, 3.05) is 0 Å². The summed E-state index contributed by atoms with van der Waals surface area (Å²) in [5.74, 6) is 0. The molecule has 2 N–H and O–H groups in total. The third-order valence-corrected chi connectivity index (χ3v) is 2.32. The maximum atomic E-state index is 9.34. The van der Waals surface area contributed by atoms with Crippen LogP contribution in [0.15, 0.2) is 24.3 Å². The van der Waals surface area contributed by atoms with Gasteiger partial charge in [0.1, 0.15) is 0 Å². The summed E-state index contributed by atoms with van der Waals surface area (Å²) in [7, 11) is 0. The van der Waals surface area contributed by atoms with E-state index in [2.05, 4.69) is 4.89 Å². The zero-order chi connectivity index (χ0) is 11.3. The van der Waals surface area contributed by atoms with Crippen LogP contribution in [0, 0.1) is 0 Å². The van der Waals surface area contributed by atoms with E-state index >= 15 is 0 Å². The highest BCUT2D eigenvalue weighted by atomic mass is 17.1. The van der Waals surface area contributed by atoms with Crippen molar-refractivity contribution < 1.29 is 15.3 Å². The largest absolute Gasteiger partial charge is 0.393 e. The number of hydrogen-bond acceptors (Lipinski definition) is 3. The molecule has 2 atom stereocenters. The first kappa shape index (κ1) is 12.2. The first-order valence-corrected chi connectivity index (χ1v) is 5.18. The van der Waals surface area contributed by atoms with Gasteiger partial charge < -0.3 is 5.11 Å². The van der Waals surface area contributed by atoms with Gasteiger partial charge in [0.25, 0.3) is 0 Å². The Hall–Kier alpha value is -0.900. The van der Waals surface area contributed by atoms with E-state index in [1.165, 1.54) is 0 Å². The third kappa shape index (κ3) is 4.00. The molecule has 0 aliphatic carbocycles. The predicted molar refractivity (Wildman–Crippen MR) is 58.7 cm³/mol. The molecule has 1 aromatic carbocycles. The standard InChI is InChI=1S/C12H18O3/c1-9(13)7-11-5-3-4-6-12(11)8-10(2)15-14/h3-6,9-10,13-14H,7-8H2,1-2H3. The highest BCUT2D eigenvalue weighted by Gasteiger charge is 2.09. The Morgan fingerprint density at radius 2 is 1.67 bits per heavy atom. The molecule has 15 heavy (non-hydrogen) atoms. The fourth-order valence-corrected chi connectivity index (χ4v) is 1.62. The van der Waals surface area contributed by atoms with Gasteiger partial charge in [0.2, 0.25) is 0 Å². The normalized spacial score (nSPS) is 14.9. The van der Waals surface area contributed by atoms with Crippen LogP contribution in [0.1, 0.15) is 25.0 Å². The maximum Gasteiger partial charge on any atom is 0.0939 e. The van der Waals surface area contributed by atoms with Crippen molar-refractivity contribution in [2.45, 2.75) is 38.9 Å². The minimum absolute atomic E-state index is 0.222. The molecule has 0 radical (unpaired) electrons. The molecule has 0 fully saturated rings. The second kappa shape index (κ2) is 5.85. The molecule has 0 saturated carbocycles. The summed E-state index contributed by atoms with van der Waals surface area (Å²) in [5, 5.41) is 17.9. The van der Waals surface area contributed by atoms with Crippen LogP contribution in [0.5, 0.6) is 0 Å². The van der Waals surface area contributed by atoms with Crippen LogP contribution in [0.4, 0.5) is 0 Å². The first-order valence-electron chi connectivity index (χ1n) is 5.18. The summed E-state index contributed by atoms with van der Waals surface area (Å²) in [6.07, 6.45) is 0.713. The van der Waals surface area contributed by atoms with Crippen molar-refractivity contribution in [3.63, 3.8) is 0 Å². The van der Waals surface area contributed by atoms with E-state index in [0.29, 0.717) is 12.8 Å². The van der Waals surface area contributed by atoms with Crippen LogP contribution in [0.3, 0.4) is 0 Å². The minimum atomic E-state index is -0.350. The smallest absolute Gasteiger partial charge is 0.0939 e. The number of rotatable bonds is 5. The lowest BCUT2D eigenvalue weighted by molar-refractivity contribution is -0.273. The van der Waals surface area contributed by atoms with Crippen LogP contribution in [-0.2, 0) is 17.7 Å². The van der Waals surface area contributed by atoms with Crippen molar-refractivity contribution in [2.24, 2.45) is 0 Å². The van der Waals surface area contributed by atoms with Crippen LogP contribution in [0.25, 0.3) is 0 Å². The Morgan fingerprint density at radius 3 is 2.13 bits per heavy atom. The van der Waals surface area contributed by atoms with E-state index in [-0.39, 0.29) is 12.2 Å². The van der Waals surface area contributed by atoms with Gasteiger partial charge in [-0.2, -0.15) is 0 Å². The Kier molecular flexibility index (Phi) is 4.75. The van der Waals surface area contributed by atoms with Crippen molar-refractivity contribution in [1.82, 2.24) is 0 Å². The molecular weight excluding hydrogens is 192 g/mol. The van der Waals surface area contributed by atoms with Crippen LogP contribution in [0.2, 0.25) is 0 Å². The van der Waals surface area contributed by atoms with Crippen LogP contribution < -0.4 is 0 Å². The van der Waals surface area contributed by atoms with E-state index in [1.54, 1.807) is 13.8 Å². The number of benzene rings is 1. The minimum Gasteiger partial charge on any atom is -0.393 e. The molecule has 0 aromatic heterocycles. The summed E-state index contributed by atoms with van der Waals surface area (Å²) in [4.78, 5) is 4.25. The SMILES string of the molecule is CC(O)Cc1ccccc1CC(C)OO. The van der Waals surface area contributed by atoms with Gasteiger partial charge in [-0.1, -0.05) is 24.3 Å². The molecular formula is C12H18O3. The Bertz CT molecular complexity index is 297. The molecule has 0 amide bonds. The molecule has 0 bridgehead atoms. The van der Waals surface area contributed by atoms with Gasteiger partial charge in [-0.15, -0.1) is 0 Å². The number of hydrogen-bond donors (Lipinski definition) is 2. The third-order valence-electron chi connectivity index (χ3n) is 2.32. The second-order valence-electron chi connectivity index (χ2n) is 3.94. The zero-order valence-corrected chi connectivity index (χ0v) is 9.18. The lowest BCUT2D eigenvalue weighted by atomic mass is 9.98. The Morgan fingerprint density at radius 1 is 1.13 bits per heavy atom. The average Bonchev–Trinajstić information content (AvgIpc) is 2.20.